The van der Waals surface area contributed by atoms with E-state index in [2.05, 4.69) is 0 Å². The van der Waals surface area contributed by atoms with Gasteiger partial charge in [0.05, 0.1) is 11.1 Å². The van der Waals surface area contributed by atoms with Crippen molar-refractivity contribution in [3.05, 3.63) is 119 Å². The molecule has 0 atom stereocenters. The summed E-state index contributed by atoms with van der Waals surface area (Å²) in [5.41, 5.74) is 0.609. The van der Waals surface area contributed by atoms with Crippen LogP contribution in [0.5, 0.6) is 0 Å². The number of rotatable bonds is 2. The predicted molar refractivity (Wildman–Crippen MR) is 145 cm³/mol. The molecule has 0 heterocycles. The van der Waals surface area contributed by atoms with Gasteiger partial charge in [0.2, 0.25) is 0 Å². The van der Waals surface area contributed by atoms with Crippen LogP contribution in [0.2, 0.25) is 5.02 Å². The minimum atomic E-state index is -4.61. The number of benzene rings is 6. The van der Waals surface area contributed by atoms with Crippen LogP contribution in [-0.2, 0) is 12.4 Å². The highest BCUT2D eigenvalue weighted by Crippen LogP contribution is 2.47. The lowest BCUT2D eigenvalue weighted by Gasteiger charge is -2.20. The summed E-state index contributed by atoms with van der Waals surface area (Å²) in [4.78, 5) is 0. The van der Waals surface area contributed by atoms with Crippen molar-refractivity contribution in [2.24, 2.45) is 0 Å². The smallest absolute Gasteiger partial charge is 0.166 e. The van der Waals surface area contributed by atoms with E-state index in [-0.39, 0.29) is 5.39 Å². The van der Waals surface area contributed by atoms with Crippen molar-refractivity contribution < 1.29 is 26.3 Å². The molecule has 0 saturated heterocycles. The highest BCUT2D eigenvalue weighted by molar-refractivity contribution is 6.30. The summed E-state index contributed by atoms with van der Waals surface area (Å²) in [5, 5.41) is 4.51. The average molecular weight is 551 g/mol. The molecule has 6 aromatic carbocycles. The second kappa shape index (κ2) is 9.02. The average Bonchev–Trinajstić information content (AvgIpc) is 2.90. The molecule has 0 amide bonds. The molecular formula is C32H17ClF6. The fourth-order valence-corrected chi connectivity index (χ4v) is 5.28. The van der Waals surface area contributed by atoms with E-state index in [9.17, 15) is 26.3 Å². The Kier molecular flexibility index (Phi) is 5.84. The third-order valence-electron chi connectivity index (χ3n) is 6.94. The molecule has 194 valence electrons. The van der Waals surface area contributed by atoms with Crippen LogP contribution in [0, 0.1) is 0 Å². The van der Waals surface area contributed by atoms with Crippen molar-refractivity contribution in [3.63, 3.8) is 0 Å². The van der Waals surface area contributed by atoms with E-state index in [1.54, 1.807) is 24.3 Å². The summed E-state index contributed by atoms with van der Waals surface area (Å²) in [7, 11) is 0. The molecule has 0 unspecified atom stereocenters. The van der Waals surface area contributed by atoms with Gasteiger partial charge < -0.3 is 0 Å². The van der Waals surface area contributed by atoms with Gasteiger partial charge in [0.1, 0.15) is 0 Å². The predicted octanol–water partition coefficient (Wildman–Crippen LogP) is 11.2. The molecule has 0 aromatic heterocycles. The van der Waals surface area contributed by atoms with Gasteiger partial charge in [-0.3, -0.25) is 0 Å². The molecule has 39 heavy (non-hydrogen) atoms. The highest BCUT2D eigenvalue weighted by Gasteiger charge is 2.32. The van der Waals surface area contributed by atoms with Crippen LogP contribution < -0.4 is 0 Å². The normalized spacial score (nSPS) is 12.5. The topological polar surface area (TPSA) is 0 Å². The van der Waals surface area contributed by atoms with Gasteiger partial charge in [-0.1, -0.05) is 66.2 Å². The van der Waals surface area contributed by atoms with Crippen LogP contribution >= 0.6 is 11.6 Å². The fourth-order valence-electron chi connectivity index (χ4n) is 5.15. The molecule has 6 rings (SSSR count). The van der Waals surface area contributed by atoms with Crippen LogP contribution in [0.25, 0.3) is 54.6 Å². The second-order valence-corrected chi connectivity index (χ2v) is 9.77. The molecule has 0 spiro atoms. The van der Waals surface area contributed by atoms with E-state index in [4.69, 9.17) is 11.6 Å². The Bertz CT molecular complexity index is 1870. The van der Waals surface area contributed by atoms with E-state index in [1.165, 1.54) is 18.2 Å². The van der Waals surface area contributed by atoms with Gasteiger partial charge in [0.25, 0.3) is 0 Å². The SMILES string of the molecule is FC(F)(F)c1ccc(-c2c3cc(C(F)(F)F)ccc3c(-c3ccc(Cl)cc3)c3cc4ccccc4cc23)cc1. The van der Waals surface area contributed by atoms with E-state index in [1.807, 2.05) is 36.4 Å². The van der Waals surface area contributed by atoms with Crippen LogP contribution in [0.4, 0.5) is 26.3 Å². The molecule has 0 nitrogen and oxygen atoms in total. The van der Waals surface area contributed by atoms with E-state index < -0.39 is 23.5 Å². The molecule has 0 saturated carbocycles. The van der Waals surface area contributed by atoms with Gasteiger partial charge in [0.15, 0.2) is 0 Å². The molecule has 0 bridgehead atoms. The summed E-state index contributed by atoms with van der Waals surface area (Å²) >= 11 is 6.13. The largest absolute Gasteiger partial charge is 0.416 e. The van der Waals surface area contributed by atoms with Crippen LogP contribution in [0.1, 0.15) is 11.1 Å². The molecule has 0 aliphatic heterocycles. The maximum absolute atomic E-state index is 13.9. The van der Waals surface area contributed by atoms with Gasteiger partial charge in [-0.05, 0) is 103 Å². The Balaban J connectivity index is 1.81. The Labute approximate surface area is 224 Å². The molecule has 6 aromatic rings. The first kappa shape index (κ1) is 25.3. The zero-order valence-electron chi connectivity index (χ0n) is 20.0. The Morgan fingerprint density at radius 3 is 1.38 bits per heavy atom. The second-order valence-electron chi connectivity index (χ2n) is 9.34. The standard InChI is InChI=1S/C32H17ClF6/c33-24-12-7-19(8-13-24)29-25-14-11-23(32(37,38)39)17-28(25)30(18-5-9-22(10-6-18)31(34,35)36)27-16-21-4-2-1-3-20(21)15-26(27)29/h1-17H. The number of hydrogen-bond donors (Lipinski definition) is 0. The quantitative estimate of drug-likeness (QED) is 0.148. The van der Waals surface area contributed by atoms with Crippen molar-refractivity contribution in [3.8, 4) is 22.3 Å². The lowest BCUT2D eigenvalue weighted by molar-refractivity contribution is -0.138. The Morgan fingerprint density at radius 2 is 0.872 bits per heavy atom. The van der Waals surface area contributed by atoms with E-state index >= 15 is 0 Å². The number of hydrogen-bond acceptors (Lipinski definition) is 0. The minimum absolute atomic E-state index is 0.289. The summed E-state index contributed by atoms with van der Waals surface area (Å²) in [6, 6.07) is 26.6. The van der Waals surface area contributed by atoms with Crippen LogP contribution in [0.15, 0.2) is 103 Å². The number of alkyl halides is 6. The Hall–Kier alpha value is -4.03. The number of halogens is 7. The first-order chi connectivity index (χ1) is 18.5. The molecule has 7 heteroatoms. The van der Waals surface area contributed by atoms with Gasteiger partial charge in [0, 0.05) is 5.02 Å². The lowest BCUT2D eigenvalue weighted by atomic mass is 9.84. The van der Waals surface area contributed by atoms with E-state index in [0.29, 0.717) is 32.5 Å². The van der Waals surface area contributed by atoms with Gasteiger partial charge in [-0.2, -0.15) is 26.3 Å². The first-order valence-corrected chi connectivity index (χ1v) is 12.3. The van der Waals surface area contributed by atoms with Crippen LogP contribution in [0.3, 0.4) is 0 Å². The van der Waals surface area contributed by atoms with Crippen LogP contribution in [-0.4, -0.2) is 0 Å². The van der Waals surface area contributed by atoms with Crippen molar-refractivity contribution in [1.82, 2.24) is 0 Å². The lowest BCUT2D eigenvalue weighted by Crippen LogP contribution is -2.05. The number of fused-ring (bicyclic) bond motifs is 3. The zero-order chi connectivity index (χ0) is 27.5. The van der Waals surface area contributed by atoms with Crippen molar-refractivity contribution in [2.75, 3.05) is 0 Å². The third-order valence-corrected chi connectivity index (χ3v) is 7.20. The van der Waals surface area contributed by atoms with Gasteiger partial charge >= 0.3 is 12.4 Å². The highest BCUT2D eigenvalue weighted by atomic mass is 35.5. The molecule has 0 fully saturated rings. The zero-order valence-corrected chi connectivity index (χ0v) is 20.7. The van der Waals surface area contributed by atoms with Gasteiger partial charge in [-0.15, -0.1) is 0 Å². The van der Waals surface area contributed by atoms with Crippen molar-refractivity contribution in [1.29, 1.82) is 0 Å². The molecular weight excluding hydrogens is 534 g/mol. The molecule has 0 N–H and O–H groups in total. The molecule has 0 aliphatic carbocycles. The molecule has 0 radical (unpaired) electrons. The summed E-state index contributed by atoms with van der Waals surface area (Å²) in [6.45, 7) is 0. The summed E-state index contributed by atoms with van der Waals surface area (Å²) in [5.74, 6) is 0. The minimum Gasteiger partial charge on any atom is -0.166 e. The third kappa shape index (κ3) is 4.49. The Morgan fingerprint density at radius 1 is 0.436 bits per heavy atom. The maximum atomic E-state index is 13.9. The summed E-state index contributed by atoms with van der Waals surface area (Å²) in [6.07, 6.45) is -9.15. The van der Waals surface area contributed by atoms with E-state index in [0.717, 1.165) is 46.0 Å². The van der Waals surface area contributed by atoms with Gasteiger partial charge in [-0.25, -0.2) is 0 Å². The summed E-state index contributed by atoms with van der Waals surface area (Å²) < 4.78 is 81.6. The monoisotopic (exact) mass is 550 g/mol. The van der Waals surface area contributed by atoms with Crippen molar-refractivity contribution >= 4 is 43.9 Å². The maximum Gasteiger partial charge on any atom is 0.416 e. The first-order valence-electron chi connectivity index (χ1n) is 11.9. The fraction of sp³-hybridized carbons (Fsp3) is 0.0625. The van der Waals surface area contributed by atoms with Crippen molar-refractivity contribution in [2.45, 2.75) is 12.4 Å². The molecule has 0 aliphatic rings.